The summed E-state index contributed by atoms with van der Waals surface area (Å²) in [5.74, 6) is 1.57. The highest BCUT2D eigenvalue weighted by Crippen LogP contribution is 2.32. The maximum Gasteiger partial charge on any atom is 0.149 e. The largest absolute Gasteiger partial charge is 0.496 e. The fourth-order valence-electron chi connectivity index (χ4n) is 2.04. The van der Waals surface area contributed by atoms with Crippen molar-refractivity contribution in [3.8, 4) is 17.1 Å². The Bertz CT molecular complexity index is 754. The van der Waals surface area contributed by atoms with Gasteiger partial charge in [-0.1, -0.05) is 23.7 Å². The third kappa shape index (κ3) is 2.11. The van der Waals surface area contributed by atoms with Crippen LogP contribution in [0.1, 0.15) is 0 Å². The zero-order valence-corrected chi connectivity index (χ0v) is 12.4. The van der Waals surface area contributed by atoms with Crippen molar-refractivity contribution >= 4 is 33.0 Å². The molecule has 96 valence electrons. The van der Waals surface area contributed by atoms with Crippen molar-refractivity contribution in [2.24, 2.45) is 0 Å². The van der Waals surface area contributed by atoms with Gasteiger partial charge in [0, 0.05) is 6.20 Å². The zero-order valence-electron chi connectivity index (χ0n) is 10.1. The van der Waals surface area contributed by atoms with Crippen molar-refractivity contribution in [3.63, 3.8) is 0 Å². The summed E-state index contributed by atoms with van der Waals surface area (Å²) in [4.78, 5) is 4.55. The van der Waals surface area contributed by atoms with Crippen LogP contribution in [0.5, 0.6) is 5.75 Å². The minimum Gasteiger partial charge on any atom is -0.496 e. The van der Waals surface area contributed by atoms with Gasteiger partial charge in [0.2, 0.25) is 0 Å². The van der Waals surface area contributed by atoms with Crippen LogP contribution in [0.25, 0.3) is 16.9 Å². The first-order valence-electron chi connectivity index (χ1n) is 5.67. The highest BCUT2D eigenvalue weighted by Gasteiger charge is 2.14. The average Bonchev–Trinajstić information content (AvgIpc) is 2.75. The summed E-state index contributed by atoms with van der Waals surface area (Å²) in [6.07, 6.45) is 1.84. The molecule has 3 rings (SSSR count). The summed E-state index contributed by atoms with van der Waals surface area (Å²) in [6, 6.07) is 11.5. The van der Waals surface area contributed by atoms with E-state index >= 15 is 0 Å². The molecule has 0 fully saturated rings. The van der Waals surface area contributed by atoms with Gasteiger partial charge in [-0.25, -0.2) is 4.98 Å². The molecular weight excluding hydrogens is 328 g/mol. The number of halogens is 2. The Balaban J connectivity index is 2.33. The predicted molar refractivity (Wildman–Crippen MR) is 79.9 cm³/mol. The van der Waals surface area contributed by atoms with Gasteiger partial charge in [-0.15, -0.1) is 0 Å². The number of ether oxygens (including phenoxy) is 1. The van der Waals surface area contributed by atoms with Gasteiger partial charge in [0.25, 0.3) is 0 Å². The van der Waals surface area contributed by atoms with Gasteiger partial charge in [-0.3, -0.25) is 4.40 Å². The molecule has 0 bridgehead atoms. The van der Waals surface area contributed by atoms with Crippen LogP contribution in [0.2, 0.25) is 5.02 Å². The first-order valence-corrected chi connectivity index (χ1v) is 6.84. The van der Waals surface area contributed by atoms with E-state index in [4.69, 9.17) is 16.3 Å². The van der Waals surface area contributed by atoms with Crippen molar-refractivity contribution in [3.05, 3.63) is 52.2 Å². The molecule has 0 atom stereocenters. The second-order valence-corrected chi connectivity index (χ2v) is 5.22. The molecule has 3 nitrogen and oxygen atoms in total. The van der Waals surface area contributed by atoms with Gasteiger partial charge >= 0.3 is 0 Å². The summed E-state index contributed by atoms with van der Waals surface area (Å²) < 4.78 is 8.12. The molecule has 19 heavy (non-hydrogen) atoms. The number of para-hydroxylation sites is 1. The number of hydrogen-bond acceptors (Lipinski definition) is 2. The molecule has 0 amide bonds. The van der Waals surface area contributed by atoms with Gasteiger partial charge in [0.05, 0.1) is 23.2 Å². The van der Waals surface area contributed by atoms with Gasteiger partial charge < -0.3 is 4.74 Å². The van der Waals surface area contributed by atoms with E-state index in [1.54, 1.807) is 7.11 Å². The fourth-order valence-corrected chi connectivity index (χ4v) is 2.69. The quantitative estimate of drug-likeness (QED) is 0.692. The van der Waals surface area contributed by atoms with Crippen LogP contribution in [0.4, 0.5) is 0 Å². The molecule has 1 aromatic carbocycles. The summed E-state index contributed by atoms with van der Waals surface area (Å²) in [7, 11) is 1.65. The maximum absolute atomic E-state index is 6.07. The number of imidazole rings is 1. The lowest BCUT2D eigenvalue weighted by atomic mass is 10.2. The van der Waals surface area contributed by atoms with Gasteiger partial charge in [0.15, 0.2) is 0 Å². The Hall–Kier alpha value is -1.52. The molecule has 0 aliphatic heterocycles. The number of methoxy groups -OCH3 is 1. The Morgan fingerprint density at radius 1 is 1.21 bits per heavy atom. The van der Waals surface area contributed by atoms with Crippen LogP contribution in [0.3, 0.4) is 0 Å². The van der Waals surface area contributed by atoms with E-state index in [0.29, 0.717) is 5.02 Å². The first-order chi connectivity index (χ1) is 9.20. The second-order valence-electron chi connectivity index (χ2n) is 4.03. The standard InChI is InChI=1S/C14H10BrClN2O/c1-19-12-5-3-2-4-10(12)14-17-13(15)11-7-6-9(16)8-18(11)14/h2-8H,1H3. The van der Waals surface area contributed by atoms with Crippen molar-refractivity contribution in [2.75, 3.05) is 7.11 Å². The Morgan fingerprint density at radius 2 is 2.00 bits per heavy atom. The number of fused-ring (bicyclic) bond motifs is 1. The number of rotatable bonds is 2. The minimum absolute atomic E-state index is 0.661. The molecular formula is C14H10BrClN2O. The van der Waals surface area contributed by atoms with E-state index in [0.717, 1.165) is 27.3 Å². The van der Waals surface area contributed by atoms with E-state index in [1.165, 1.54) is 0 Å². The maximum atomic E-state index is 6.07. The molecule has 0 spiro atoms. The van der Waals surface area contributed by atoms with Gasteiger partial charge in [-0.05, 0) is 40.2 Å². The monoisotopic (exact) mass is 336 g/mol. The fraction of sp³-hybridized carbons (Fsp3) is 0.0714. The van der Waals surface area contributed by atoms with Crippen molar-refractivity contribution in [2.45, 2.75) is 0 Å². The lowest BCUT2D eigenvalue weighted by molar-refractivity contribution is 0.416. The molecule has 2 aromatic heterocycles. The molecule has 0 saturated heterocycles. The summed E-state index contributed by atoms with van der Waals surface area (Å²) in [6.45, 7) is 0. The van der Waals surface area contributed by atoms with Crippen LogP contribution >= 0.6 is 27.5 Å². The topological polar surface area (TPSA) is 26.5 Å². The van der Waals surface area contributed by atoms with E-state index in [9.17, 15) is 0 Å². The molecule has 2 heterocycles. The minimum atomic E-state index is 0.661. The summed E-state index contributed by atoms with van der Waals surface area (Å²) >= 11 is 9.54. The van der Waals surface area contributed by atoms with Crippen molar-refractivity contribution < 1.29 is 4.74 Å². The van der Waals surface area contributed by atoms with E-state index in [2.05, 4.69) is 20.9 Å². The first kappa shape index (κ1) is 12.5. The average molecular weight is 338 g/mol. The van der Waals surface area contributed by atoms with E-state index < -0.39 is 0 Å². The molecule has 0 N–H and O–H groups in total. The predicted octanol–water partition coefficient (Wildman–Crippen LogP) is 4.43. The Morgan fingerprint density at radius 3 is 2.79 bits per heavy atom. The molecule has 0 aliphatic carbocycles. The normalized spacial score (nSPS) is 10.9. The highest BCUT2D eigenvalue weighted by atomic mass is 79.9. The third-order valence-corrected chi connectivity index (χ3v) is 3.71. The Labute approximate surface area is 123 Å². The summed E-state index contributed by atoms with van der Waals surface area (Å²) in [5, 5.41) is 0.661. The van der Waals surface area contributed by atoms with Crippen LogP contribution < -0.4 is 4.74 Å². The van der Waals surface area contributed by atoms with Crippen molar-refractivity contribution in [1.29, 1.82) is 0 Å². The summed E-state index contributed by atoms with van der Waals surface area (Å²) in [5.41, 5.74) is 1.89. The lowest BCUT2D eigenvalue weighted by Crippen LogP contribution is -1.92. The highest BCUT2D eigenvalue weighted by molar-refractivity contribution is 9.10. The van der Waals surface area contributed by atoms with Crippen LogP contribution in [0.15, 0.2) is 47.2 Å². The number of benzene rings is 1. The zero-order chi connectivity index (χ0) is 13.4. The number of hydrogen-bond donors (Lipinski definition) is 0. The van der Waals surface area contributed by atoms with Gasteiger partial charge in [-0.2, -0.15) is 0 Å². The lowest BCUT2D eigenvalue weighted by Gasteiger charge is -2.07. The second kappa shape index (κ2) is 4.87. The number of aromatic nitrogens is 2. The molecule has 0 radical (unpaired) electrons. The van der Waals surface area contributed by atoms with Gasteiger partial charge in [0.1, 0.15) is 16.2 Å². The molecule has 5 heteroatoms. The number of nitrogens with zero attached hydrogens (tertiary/aromatic N) is 2. The SMILES string of the molecule is COc1ccccc1-c1nc(Br)c2ccc(Cl)cn12. The number of pyridine rings is 1. The van der Waals surface area contributed by atoms with Crippen LogP contribution in [-0.4, -0.2) is 16.5 Å². The third-order valence-electron chi connectivity index (χ3n) is 2.90. The molecule has 0 saturated carbocycles. The van der Waals surface area contributed by atoms with E-state index in [-0.39, 0.29) is 0 Å². The smallest absolute Gasteiger partial charge is 0.149 e. The molecule has 0 unspecified atom stereocenters. The van der Waals surface area contributed by atoms with Crippen LogP contribution in [0, 0.1) is 0 Å². The van der Waals surface area contributed by atoms with Crippen LogP contribution in [-0.2, 0) is 0 Å². The van der Waals surface area contributed by atoms with E-state index in [1.807, 2.05) is 47.0 Å². The molecule has 3 aromatic rings. The Kier molecular flexibility index (Phi) is 3.21. The molecule has 0 aliphatic rings. The van der Waals surface area contributed by atoms with Crippen molar-refractivity contribution in [1.82, 2.24) is 9.38 Å².